The molecule has 5 aromatic rings. The van der Waals surface area contributed by atoms with Crippen molar-refractivity contribution in [3.8, 4) is 33.8 Å². The maximum absolute atomic E-state index is 5.45. The van der Waals surface area contributed by atoms with Gasteiger partial charge in [-0.25, -0.2) is 0 Å². The highest BCUT2D eigenvalue weighted by atomic mass is 16.5. The van der Waals surface area contributed by atoms with Crippen LogP contribution in [-0.4, -0.2) is 14.2 Å². The van der Waals surface area contributed by atoms with Crippen LogP contribution < -0.4 is 9.47 Å². The Bertz CT molecular complexity index is 1430. The Morgan fingerprint density at radius 2 is 1.03 bits per heavy atom. The van der Waals surface area contributed by atoms with Crippen molar-refractivity contribution in [3.63, 3.8) is 0 Å². The molecule has 0 fully saturated rings. The molecule has 0 atom stereocenters. The molecule has 0 aliphatic heterocycles. The summed E-state index contributed by atoms with van der Waals surface area (Å²) in [5.41, 5.74) is 6.24. The first-order valence-corrected chi connectivity index (χ1v) is 11.4. The van der Waals surface area contributed by atoms with Crippen LogP contribution in [0, 0.1) is 0 Å². The minimum atomic E-state index is 0.399. The molecule has 33 heavy (non-hydrogen) atoms. The largest absolute Gasteiger partial charge is 0.497 e. The number of methoxy groups -OCH3 is 2. The SMILES string of the molecule is COc1ccc(-c2c(-c3ccc(OC)cc3)c3c(C(C)C)cccc3c3ccccc23)cc1. The zero-order chi connectivity index (χ0) is 22.9. The van der Waals surface area contributed by atoms with Crippen LogP contribution in [-0.2, 0) is 0 Å². The van der Waals surface area contributed by atoms with E-state index in [-0.39, 0.29) is 0 Å². The standard InChI is InChI=1S/C31H28O2/c1-20(2)25-10-7-11-28-26-8-5-6-9-27(26)29(21-12-16-23(32-3)17-13-21)30(31(25)28)22-14-18-24(33-4)19-15-22/h5-20H,1-4H3. The van der Waals surface area contributed by atoms with E-state index < -0.39 is 0 Å². The van der Waals surface area contributed by atoms with Crippen LogP contribution in [0.25, 0.3) is 43.8 Å². The quantitative estimate of drug-likeness (QED) is 0.259. The Hall–Kier alpha value is -3.78. The van der Waals surface area contributed by atoms with Crippen molar-refractivity contribution in [2.75, 3.05) is 14.2 Å². The third kappa shape index (κ3) is 3.62. The molecule has 2 nitrogen and oxygen atoms in total. The van der Waals surface area contributed by atoms with Crippen LogP contribution in [0.5, 0.6) is 11.5 Å². The summed E-state index contributed by atoms with van der Waals surface area (Å²) < 4.78 is 10.9. The van der Waals surface area contributed by atoms with Gasteiger partial charge in [-0.05, 0) is 79.5 Å². The van der Waals surface area contributed by atoms with Gasteiger partial charge in [-0.2, -0.15) is 0 Å². The fraction of sp³-hybridized carbons (Fsp3) is 0.161. The van der Waals surface area contributed by atoms with E-state index in [2.05, 4.69) is 80.6 Å². The summed E-state index contributed by atoms with van der Waals surface area (Å²) in [6.45, 7) is 4.55. The van der Waals surface area contributed by atoms with Gasteiger partial charge in [0.1, 0.15) is 11.5 Å². The Kier molecular flexibility index (Phi) is 5.51. The molecule has 0 heterocycles. The first-order chi connectivity index (χ1) is 16.1. The summed E-state index contributed by atoms with van der Waals surface area (Å²) in [4.78, 5) is 0. The molecule has 5 rings (SSSR count). The van der Waals surface area contributed by atoms with Crippen LogP contribution >= 0.6 is 0 Å². The number of fused-ring (bicyclic) bond motifs is 3. The molecule has 5 aromatic carbocycles. The lowest BCUT2D eigenvalue weighted by Crippen LogP contribution is -1.97. The van der Waals surface area contributed by atoms with Gasteiger partial charge < -0.3 is 9.47 Å². The van der Waals surface area contributed by atoms with E-state index in [0.717, 1.165) is 11.5 Å². The molecule has 0 unspecified atom stereocenters. The highest BCUT2D eigenvalue weighted by Crippen LogP contribution is 2.47. The predicted octanol–water partition coefficient (Wildman–Crippen LogP) is 8.47. The van der Waals surface area contributed by atoms with Gasteiger partial charge in [0, 0.05) is 0 Å². The van der Waals surface area contributed by atoms with E-state index in [4.69, 9.17) is 9.47 Å². The maximum atomic E-state index is 5.45. The molecule has 0 aromatic heterocycles. The molecule has 164 valence electrons. The third-order valence-electron chi connectivity index (χ3n) is 6.46. The van der Waals surface area contributed by atoms with Crippen molar-refractivity contribution < 1.29 is 9.47 Å². The number of ether oxygens (including phenoxy) is 2. The molecular weight excluding hydrogens is 404 g/mol. The van der Waals surface area contributed by atoms with Gasteiger partial charge in [0.2, 0.25) is 0 Å². The smallest absolute Gasteiger partial charge is 0.118 e. The van der Waals surface area contributed by atoms with E-state index in [1.54, 1.807) is 14.2 Å². The summed E-state index contributed by atoms with van der Waals surface area (Å²) in [7, 11) is 3.41. The van der Waals surface area contributed by atoms with Crippen molar-refractivity contribution in [1.29, 1.82) is 0 Å². The summed E-state index contributed by atoms with van der Waals surface area (Å²) >= 11 is 0. The summed E-state index contributed by atoms with van der Waals surface area (Å²) in [6, 6.07) is 32.3. The monoisotopic (exact) mass is 432 g/mol. The van der Waals surface area contributed by atoms with Crippen molar-refractivity contribution in [2.45, 2.75) is 19.8 Å². The fourth-order valence-electron chi connectivity index (χ4n) is 4.85. The van der Waals surface area contributed by atoms with Crippen LogP contribution in [0.1, 0.15) is 25.3 Å². The van der Waals surface area contributed by atoms with Gasteiger partial charge in [-0.1, -0.05) is 80.6 Å². The lowest BCUT2D eigenvalue weighted by atomic mass is 9.82. The molecule has 0 amide bonds. The predicted molar refractivity (Wildman–Crippen MR) is 140 cm³/mol. The van der Waals surface area contributed by atoms with E-state index >= 15 is 0 Å². The van der Waals surface area contributed by atoms with Gasteiger partial charge in [-0.15, -0.1) is 0 Å². The summed E-state index contributed by atoms with van der Waals surface area (Å²) in [5, 5.41) is 5.14. The molecule has 0 radical (unpaired) electrons. The fourth-order valence-corrected chi connectivity index (χ4v) is 4.85. The summed E-state index contributed by atoms with van der Waals surface area (Å²) in [5.74, 6) is 2.12. The summed E-state index contributed by atoms with van der Waals surface area (Å²) in [6.07, 6.45) is 0. The van der Waals surface area contributed by atoms with Crippen LogP contribution in [0.15, 0.2) is 91.0 Å². The van der Waals surface area contributed by atoms with E-state index in [1.807, 2.05) is 24.3 Å². The van der Waals surface area contributed by atoms with Gasteiger partial charge in [0.25, 0.3) is 0 Å². The highest BCUT2D eigenvalue weighted by molar-refractivity contribution is 6.22. The van der Waals surface area contributed by atoms with Crippen molar-refractivity contribution in [3.05, 3.63) is 96.6 Å². The molecule has 0 spiro atoms. The Morgan fingerprint density at radius 1 is 0.515 bits per heavy atom. The second kappa shape index (κ2) is 8.63. The molecule has 0 N–H and O–H groups in total. The van der Waals surface area contributed by atoms with Gasteiger partial charge >= 0.3 is 0 Å². The zero-order valence-corrected chi connectivity index (χ0v) is 19.6. The molecule has 0 aliphatic carbocycles. The number of rotatable bonds is 5. The van der Waals surface area contributed by atoms with E-state index in [0.29, 0.717) is 5.92 Å². The molecular formula is C31H28O2. The second-order valence-corrected chi connectivity index (χ2v) is 8.68. The van der Waals surface area contributed by atoms with Crippen LogP contribution in [0.2, 0.25) is 0 Å². The average molecular weight is 433 g/mol. The molecule has 0 saturated carbocycles. The number of benzene rings is 5. The highest BCUT2D eigenvalue weighted by Gasteiger charge is 2.20. The Balaban J connectivity index is 1.99. The van der Waals surface area contributed by atoms with Gasteiger partial charge in [0.05, 0.1) is 14.2 Å². The maximum Gasteiger partial charge on any atom is 0.118 e. The lowest BCUT2D eigenvalue weighted by Gasteiger charge is -2.22. The molecule has 0 saturated heterocycles. The van der Waals surface area contributed by atoms with Crippen molar-refractivity contribution in [2.24, 2.45) is 0 Å². The van der Waals surface area contributed by atoms with Crippen molar-refractivity contribution >= 4 is 21.5 Å². The third-order valence-corrected chi connectivity index (χ3v) is 6.46. The van der Waals surface area contributed by atoms with Crippen LogP contribution in [0.4, 0.5) is 0 Å². The zero-order valence-electron chi connectivity index (χ0n) is 19.6. The average Bonchev–Trinajstić information content (AvgIpc) is 2.87. The molecule has 2 heteroatoms. The molecule has 0 bridgehead atoms. The van der Waals surface area contributed by atoms with E-state index in [1.165, 1.54) is 49.4 Å². The van der Waals surface area contributed by atoms with E-state index in [9.17, 15) is 0 Å². The first-order valence-electron chi connectivity index (χ1n) is 11.4. The number of hydrogen-bond donors (Lipinski definition) is 0. The second-order valence-electron chi connectivity index (χ2n) is 8.68. The first kappa shape index (κ1) is 21.1. The minimum absolute atomic E-state index is 0.399. The Labute approximate surface area is 195 Å². The topological polar surface area (TPSA) is 18.5 Å². The van der Waals surface area contributed by atoms with Gasteiger partial charge in [0.15, 0.2) is 0 Å². The number of hydrogen-bond acceptors (Lipinski definition) is 2. The Morgan fingerprint density at radius 3 is 1.58 bits per heavy atom. The lowest BCUT2D eigenvalue weighted by molar-refractivity contribution is 0.414. The van der Waals surface area contributed by atoms with Gasteiger partial charge in [-0.3, -0.25) is 0 Å². The normalized spacial score (nSPS) is 11.3. The van der Waals surface area contributed by atoms with Crippen molar-refractivity contribution in [1.82, 2.24) is 0 Å². The minimum Gasteiger partial charge on any atom is -0.497 e. The molecule has 0 aliphatic rings. The van der Waals surface area contributed by atoms with Crippen LogP contribution in [0.3, 0.4) is 0 Å².